The van der Waals surface area contributed by atoms with E-state index in [2.05, 4.69) is 5.32 Å². The molecule has 17 heavy (non-hydrogen) atoms. The van der Waals surface area contributed by atoms with Crippen molar-refractivity contribution in [3.63, 3.8) is 0 Å². The maximum atomic E-state index is 12.1. The third-order valence-electron chi connectivity index (χ3n) is 3.91. The predicted octanol–water partition coefficient (Wildman–Crippen LogP) is 2.66. The van der Waals surface area contributed by atoms with Gasteiger partial charge >= 0.3 is 0 Å². The van der Waals surface area contributed by atoms with Gasteiger partial charge in [0.2, 0.25) is 0 Å². The number of carbonyl (C=O) groups is 1. The van der Waals surface area contributed by atoms with E-state index >= 15 is 0 Å². The molecule has 1 fully saturated rings. The third-order valence-corrected chi connectivity index (χ3v) is 4.94. The highest BCUT2D eigenvalue weighted by molar-refractivity contribution is 7.16. The number of thiophene rings is 1. The van der Waals surface area contributed by atoms with Crippen molar-refractivity contribution in [2.75, 3.05) is 12.3 Å². The average Bonchev–Trinajstić information content (AvgIpc) is 2.68. The van der Waals surface area contributed by atoms with E-state index in [-0.39, 0.29) is 5.78 Å². The average molecular weight is 250 g/mol. The number of nitrogens with two attached hydrogens (primary N) is 1. The molecular formula is C13H18N2OS. The largest absolute Gasteiger partial charge is 0.390 e. The SMILES string of the molecule is Nc1sc2c(c1C1CCCCC1)C(=O)CNC2. The zero-order chi connectivity index (χ0) is 11.8. The molecule has 2 heterocycles. The van der Waals surface area contributed by atoms with E-state index in [1.54, 1.807) is 11.3 Å². The van der Waals surface area contributed by atoms with Crippen molar-refractivity contribution >= 4 is 22.1 Å². The van der Waals surface area contributed by atoms with Gasteiger partial charge in [0.05, 0.1) is 11.5 Å². The minimum atomic E-state index is 0.236. The summed E-state index contributed by atoms with van der Waals surface area (Å²) in [5.74, 6) is 0.769. The molecule has 0 aromatic carbocycles. The molecule has 3 rings (SSSR count). The Morgan fingerprint density at radius 2 is 1.94 bits per heavy atom. The van der Waals surface area contributed by atoms with Crippen molar-refractivity contribution < 1.29 is 4.79 Å². The second-order valence-corrected chi connectivity index (χ2v) is 6.18. The molecule has 3 N–H and O–H groups in total. The second kappa shape index (κ2) is 4.42. The van der Waals surface area contributed by atoms with E-state index in [0.717, 1.165) is 22.0 Å². The quantitative estimate of drug-likeness (QED) is 0.805. The minimum Gasteiger partial charge on any atom is -0.390 e. The monoisotopic (exact) mass is 250 g/mol. The first-order valence-electron chi connectivity index (χ1n) is 6.42. The van der Waals surface area contributed by atoms with Gasteiger partial charge in [0, 0.05) is 22.5 Å². The van der Waals surface area contributed by atoms with Gasteiger partial charge in [-0.3, -0.25) is 4.79 Å². The van der Waals surface area contributed by atoms with Gasteiger partial charge in [-0.1, -0.05) is 19.3 Å². The fourth-order valence-corrected chi connectivity index (χ4v) is 4.26. The molecule has 2 aliphatic rings. The Hall–Kier alpha value is -0.870. The van der Waals surface area contributed by atoms with Crippen molar-refractivity contribution in [3.05, 3.63) is 16.0 Å². The molecule has 1 aliphatic carbocycles. The molecule has 1 saturated carbocycles. The van der Waals surface area contributed by atoms with Crippen LogP contribution in [0.2, 0.25) is 0 Å². The fourth-order valence-electron chi connectivity index (χ4n) is 3.12. The molecule has 1 aromatic heterocycles. The van der Waals surface area contributed by atoms with Gasteiger partial charge in [-0.05, 0) is 18.8 Å². The highest BCUT2D eigenvalue weighted by atomic mass is 32.1. The number of hydrogen-bond donors (Lipinski definition) is 2. The van der Waals surface area contributed by atoms with Crippen molar-refractivity contribution in [1.82, 2.24) is 5.32 Å². The fraction of sp³-hybridized carbons (Fsp3) is 0.615. The lowest BCUT2D eigenvalue weighted by Crippen LogP contribution is -2.29. The van der Waals surface area contributed by atoms with Gasteiger partial charge in [-0.2, -0.15) is 0 Å². The normalized spacial score (nSPS) is 21.5. The third kappa shape index (κ3) is 1.89. The summed E-state index contributed by atoms with van der Waals surface area (Å²) in [7, 11) is 0. The summed E-state index contributed by atoms with van der Waals surface area (Å²) in [6.45, 7) is 1.28. The molecule has 1 aliphatic heterocycles. The molecule has 3 nitrogen and oxygen atoms in total. The zero-order valence-electron chi connectivity index (χ0n) is 9.92. The van der Waals surface area contributed by atoms with Crippen LogP contribution in [0.1, 0.15) is 58.8 Å². The predicted molar refractivity (Wildman–Crippen MR) is 70.6 cm³/mol. The highest BCUT2D eigenvalue weighted by Gasteiger charge is 2.30. The van der Waals surface area contributed by atoms with Gasteiger partial charge in [0.1, 0.15) is 0 Å². The molecule has 0 bridgehead atoms. The second-order valence-electron chi connectivity index (χ2n) is 5.04. The maximum Gasteiger partial charge on any atom is 0.178 e. The van der Waals surface area contributed by atoms with Crippen LogP contribution in [0.3, 0.4) is 0 Å². The molecule has 92 valence electrons. The van der Waals surface area contributed by atoms with Gasteiger partial charge < -0.3 is 11.1 Å². The summed E-state index contributed by atoms with van der Waals surface area (Å²) in [6.07, 6.45) is 6.29. The number of nitrogen functional groups attached to an aromatic ring is 1. The van der Waals surface area contributed by atoms with E-state index in [1.165, 1.54) is 37.7 Å². The lowest BCUT2D eigenvalue weighted by molar-refractivity contribution is 0.0981. The van der Waals surface area contributed by atoms with Crippen LogP contribution >= 0.6 is 11.3 Å². The van der Waals surface area contributed by atoms with Crippen LogP contribution in [0.4, 0.5) is 5.00 Å². The van der Waals surface area contributed by atoms with Gasteiger partial charge in [0.25, 0.3) is 0 Å². The summed E-state index contributed by atoms with van der Waals surface area (Å²) in [4.78, 5) is 13.2. The van der Waals surface area contributed by atoms with Crippen LogP contribution in [0, 0.1) is 0 Å². The van der Waals surface area contributed by atoms with Gasteiger partial charge in [-0.15, -0.1) is 11.3 Å². The smallest absolute Gasteiger partial charge is 0.178 e. The lowest BCUT2D eigenvalue weighted by Gasteiger charge is -2.24. The first kappa shape index (κ1) is 11.2. The molecule has 0 saturated heterocycles. The topological polar surface area (TPSA) is 55.1 Å². The Balaban J connectivity index is 2.03. The maximum absolute atomic E-state index is 12.1. The van der Waals surface area contributed by atoms with E-state index in [0.29, 0.717) is 12.5 Å². The number of nitrogens with one attached hydrogen (secondary N) is 1. The summed E-state index contributed by atoms with van der Waals surface area (Å²) in [6, 6.07) is 0. The Bertz CT molecular complexity index is 447. The number of carbonyl (C=O) groups excluding carboxylic acids is 1. The number of ketones is 1. The Labute approximate surface area is 105 Å². The van der Waals surface area contributed by atoms with E-state index in [1.807, 2.05) is 0 Å². The Morgan fingerprint density at radius 1 is 1.18 bits per heavy atom. The van der Waals surface area contributed by atoms with E-state index in [9.17, 15) is 4.79 Å². The van der Waals surface area contributed by atoms with Crippen LogP contribution in [0.15, 0.2) is 0 Å². The van der Waals surface area contributed by atoms with Crippen LogP contribution in [-0.4, -0.2) is 12.3 Å². The highest BCUT2D eigenvalue weighted by Crippen LogP contribution is 2.43. The number of rotatable bonds is 1. The Kier molecular flexibility index (Phi) is 2.92. The molecular weight excluding hydrogens is 232 g/mol. The van der Waals surface area contributed by atoms with Crippen LogP contribution < -0.4 is 11.1 Å². The number of hydrogen-bond acceptors (Lipinski definition) is 4. The van der Waals surface area contributed by atoms with Crippen molar-refractivity contribution in [1.29, 1.82) is 0 Å². The minimum absolute atomic E-state index is 0.236. The number of Topliss-reactive ketones (excluding diaryl/α,β-unsaturated/α-hetero) is 1. The standard InChI is InChI=1S/C13H18N2OS/c14-13-11(8-4-2-1-3-5-8)12-9(16)6-15-7-10(12)17-13/h8,15H,1-7,14H2. The lowest BCUT2D eigenvalue weighted by atomic mass is 9.82. The number of fused-ring (bicyclic) bond motifs is 1. The molecule has 4 heteroatoms. The summed E-state index contributed by atoms with van der Waals surface area (Å²) < 4.78 is 0. The Morgan fingerprint density at radius 3 is 2.71 bits per heavy atom. The number of anilines is 1. The van der Waals surface area contributed by atoms with Gasteiger partial charge in [-0.25, -0.2) is 0 Å². The van der Waals surface area contributed by atoms with Crippen LogP contribution in [-0.2, 0) is 6.54 Å². The summed E-state index contributed by atoms with van der Waals surface area (Å²) >= 11 is 1.61. The molecule has 0 spiro atoms. The van der Waals surface area contributed by atoms with Crippen molar-refractivity contribution in [3.8, 4) is 0 Å². The van der Waals surface area contributed by atoms with Crippen LogP contribution in [0.5, 0.6) is 0 Å². The molecule has 0 amide bonds. The van der Waals surface area contributed by atoms with Crippen molar-refractivity contribution in [2.45, 2.75) is 44.6 Å². The zero-order valence-corrected chi connectivity index (χ0v) is 10.7. The first-order chi connectivity index (χ1) is 8.27. The molecule has 1 aromatic rings. The molecule has 0 atom stereocenters. The van der Waals surface area contributed by atoms with Crippen molar-refractivity contribution in [2.24, 2.45) is 0 Å². The van der Waals surface area contributed by atoms with E-state index in [4.69, 9.17) is 5.73 Å². The van der Waals surface area contributed by atoms with Gasteiger partial charge in [0.15, 0.2) is 5.78 Å². The van der Waals surface area contributed by atoms with E-state index < -0.39 is 0 Å². The summed E-state index contributed by atoms with van der Waals surface area (Å²) in [5, 5.41) is 4.03. The summed E-state index contributed by atoms with van der Waals surface area (Å²) in [5.41, 5.74) is 8.31. The van der Waals surface area contributed by atoms with Crippen LogP contribution in [0.25, 0.3) is 0 Å². The molecule has 0 unspecified atom stereocenters. The molecule has 0 radical (unpaired) electrons. The first-order valence-corrected chi connectivity index (χ1v) is 7.24.